The molecule has 0 aromatic heterocycles. The molecule has 0 fully saturated rings. The molecule has 0 heterocycles. The van der Waals surface area contributed by atoms with Crippen LogP contribution in [0.3, 0.4) is 0 Å². The molecule has 0 bridgehead atoms. The summed E-state index contributed by atoms with van der Waals surface area (Å²) in [5.41, 5.74) is 0. The molecule has 0 aromatic carbocycles. The van der Waals surface area contributed by atoms with E-state index in [1.807, 2.05) is 0 Å². The normalized spacial score (nSPS) is 10.8. The third-order valence-corrected chi connectivity index (χ3v) is 0.923. The average molecular weight is 154 g/mol. The van der Waals surface area contributed by atoms with Gasteiger partial charge < -0.3 is 4.74 Å². The number of hydrogen-bond acceptors (Lipinski definition) is 5. The number of ether oxygens (including phenoxy) is 1. The van der Waals surface area contributed by atoms with E-state index in [1.165, 1.54) is 0 Å². The van der Waals surface area contributed by atoms with Gasteiger partial charge in [0.05, 0.1) is 6.26 Å². The summed E-state index contributed by atoms with van der Waals surface area (Å²) in [4.78, 5) is 9.39. The Morgan fingerprint density at radius 3 is 2.44 bits per heavy atom. The minimum absolute atomic E-state index is 0.102. The monoisotopic (exact) mass is 154 g/mol. The molecule has 0 saturated heterocycles. The van der Waals surface area contributed by atoms with Crippen molar-refractivity contribution < 1.29 is 22.1 Å². The SMILES string of the molecule is CS(=O)(=O)OCOC=O. The summed E-state index contributed by atoms with van der Waals surface area (Å²) in [7, 11) is -3.48. The predicted octanol–water partition coefficient (Wildman–Crippen LogP) is -0.907. The highest BCUT2D eigenvalue weighted by molar-refractivity contribution is 7.85. The molecule has 5 nitrogen and oxygen atoms in total. The molecule has 6 heteroatoms. The zero-order chi connectivity index (χ0) is 7.33. The molecule has 0 rings (SSSR count). The Hall–Kier alpha value is -0.620. The van der Waals surface area contributed by atoms with Crippen LogP contribution in [-0.4, -0.2) is 27.9 Å². The van der Waals surface area contributed by atoms with Gasteiger partial charge in [-0.1, -0.05) is 0 Å². The Kier molecular flexibility index (Phi) is 3.18. The fourth-order valence-electron chi connectivity index (χ4n) is 0.143. The molecule has 54 valence electrons. The summed E-state index contributed by atoms with van der Waals surface area (Å²) < 4.78 is 28.1. The van der Waals surface area contributed by atoms with Crippen LogP contribution < -0.4 is 0 Å². The molecule has 0 aliphatic rings. The van der Waals surface area contributed by atoms with E-state index in [2.05, 4.69) is 8.92 Å². The fraction of sp³-hybridized carbons (Fsp3) is 0.667. The highest BCUT2D eigenvalue weighted by Crippen LogP contribution is 1.84. The first-order chi connectivity index (χ1) is 4.06. The second kappa shape index (κ2) is 3.41. The van der Waals surface area contributed by atoms with Crippen LogP contribution in [0, 0.1) is 0 Å². The fourth-order valence-corrected chi connectivity index (χ4v) is 0.373. The second-order valence-electron chi connectivity index (χ2n) is 1.20. The zero-order valence-electron chi connectivity index (χ0n) is 4.73. The first-order valence-corrected chi connectivity index (χ1v) is 3.77. The maximum Gasteiger partial charge on any atom is 0.295 e. The number of rotatable bonds is 4. The number of carbonyl (C=O) groups is 1. The average Bonchev–Trinajstić information content (AvgIpc) is 1.63. The molecule has 0 aliphatic heterocycles. The van der Waals surface area contributed by atoms with Gasteiger partial charge in [-0.15, -0.1) is 0 Å². The molecule has 9 heavy (non-hydrogen) atoms. The summed E-state index contributed by atoms with van der Waals surface area (Å²) >= 11 is 0. The van der Waals surface area contributed by atoms with E-state index >= 15 is 0 Å². The molecular weight excluding hydrogens is 148 g/mol. The van der Waals surface area contributed by atoms with Gasteiger partial charge in [0.15, 0.2) is 0 Å². The summed E-state index contributed by atoms with van der Waals surface area (Å²) in [6, 6.07) is 0. The first-order valence-electron chi connectivity index (χ1n) is 1.96. The van der Waals surface area contributed by atoms with E-state index in [1.54, 1.807) is 0 Å². The molecule has 0 aromatic rings. The highest BCUT2D eigenvalue weighted by Gasteiger charge is 1.98. The van der Waals surface area contributed by atoms with Gasteiger partial charge in [0, 0.05) is 0 Å². The Balaban J connectivity index is 3.40. The Morgan fingerprint density at radius 1 is 1.56 bits per heavy atom. The van der Waals surface area contributed by atoms with E-state index in [0.717, 1.165) is 6.26 Å². The van der Waals surface area contributed by atoms with Crippen LogP contribution in [0.1, 0.15) is 0 Å². The van der Waals surface area contributed by atoms with Gasteiger partial charge in [-0.2, -0.15) is 8.42 Å². The topological polar surface area (TPSA) is 69.7 Å². The van der Waals surface area contributed by atoms with Gasteiger partial charge in [-0.3, -0.25) is 4.79 Å². The van der Waals surface area contributed by atoms with Gasteiger partial charge in [0.25, 0.3) is 16.6 Å². The minimum Gasteiger partial charge on any atom is -0.439 e. The lowest BCUT2D eigenvalue weighted by molar-refractivity contribution is -0.134. The van der Waals surface area contributed by atoms with Crippen LogP contribution in [-0.2, 0) is 23.8 Å². The predicted molar refractivity (Wildman–Crippen MR) is 27.9 cm³/mol. The first kappa shape index (κ1) is 8.38. The van der Waals surface area contributed by atoms with Crippen molar-refractivity contribution in [1.29, 1.82) is 0 Å². The lowest BCUT2D eigenvalue weighted by Gasteiger charge is -1.95. The van der Waals surface area contributed by atoms with Crippen molar-refractivity contribution in [2.75, 3.05) is 13.0 Å². The van der Waals surface area contributed by atoms with Crippen molar-refractivity contribution >= 4 is 16.6 Å². The number of carbonyl (C=O) groups excluding carboxylic acids is 1. The molecule has 0 aliphatic carbocycles. The molecule has 0 radical (unpaired) electrons. The van der Waals surface area contributed by atoms with Crippen molar-refractivity contribution in [1.82, 2.24) is 0 Å². The molecule has 0 atom stereocenters. The lowest BCUT2D eigenvalue weighted by atomic mass is 11.4. The van der Waals surface area contributed by atoms with Crippen LogP contribution in [0.5, 0.6) is 0 Å². The van der Waals surface area contributed by atoms with Crippen molar-refractivity contribution in [2.24, 2.45) is 0 Å². The molecule has 0 N–H and O–H groups in total. The summed E-state index contributed by atoms with van der Waals surface area (Å²) in [6.07, 6.45) is 0.862. The zero-order valence-corrected chi connectivity index (χ0v) is 5.55. The Morgan fingerprint density at radius 2 is 2.11 bits per heavy atom. The van der Waals surface area contributed by atoms with Crippen LogP contribution >= 0.6 is 0 Å². The van der Waals surface area contributed by atoms with Gasteiger partial charge in [-0.05, 0) is 0 Å². The number of hydrogen-bond donors (Lipinski definition) is 0. The molecule has 0 amide bonds. The molecule has 0 unspecified atom stereocenters. The second-order valence-corrected chi connectivity index (χ2v) is 2.85. The van der Waals surface area contributed by atoms with Crippen LogP contribution in [0.2, 0.25) is 0 Å². The van der Waals surface area contributed by atoms with Crippen molar-refractivity contribution in [3.05, 3.63) is 0 Å². The van der Waals surface area contributed by atoms with Crippen molar-refractivity contribution in [3.8, 4) is 0 Å². The van der Waals surface area contributed by atoms with Gasteiger partial charge in [0.2, 0.25) is 6.79 Å². The van der Waals surface area contributed by atoms with E-state index in [0.29, 0.717) is 0 Å². The maximum absolute atomic E-state index is 10.1. The summed E-state index contributed by atoms with van der Waals surface area (Å²) in [5, 5.41) is 0. The largest absolute Gasteiger partial charge is 0.439 e. The van der Waals surface area contributed by atoms with Gasteiger partial charge >= 0.3 is 0 Å². The molecule has 0 saturated carbocycles. The molecular formula is C3H6O5S. The van der Waals surface area contributed by atoms with Crippen LogP contribution in [0.4, 0.5) is 0 Å². The highest BCUT2D eigenvalue weighted by atomic mass is 32.2. The third kappa shape index (κ3) is 7.38. The Bertz CT molecular complexity index is 169. The van der Waals surface area contributed by atoms with E-state index in [9.17, 15) is 13.2 Å². The Labute approximate surface area is 52.7 Å². The van der Waals surface area contributed by atoms with Crippen LogP contribution in [0.25, 0.3) is 0 Å². The smallest absolute Gasteiger partial charge is 0.295 e. The standard InChI is InChI=1S/C3H6O5S/c1-9(5,6)8-3-7-2-4/h2H,3H2,1H3. The van der Waals surface area contributed by atoms with E-state index in [4.69, 9.17) is 0 Å². The van der Waals surface area contributed by atoms with Gasteiger partial charge in [-0.25, -0.2) is 4.18 Å². The lowest BCUT2D eigenvalue weighted by Crippen LogP contribution is -2.05. The maximum atomic E-state index is 10.1. The summed E-state index contributed by atoms with van der Waals surface area (Å²) in [5.74, 6) is 0. The van der Waals surface area contributed by atoms with Gasteiger partial charge in [0.1, 0.15) is 0 Å². The van der Waals surface area contributed by atoms with Crippen LogP contribution in [0.15, 0.2) is 0 Å². The quantitative estimate of drug-likeness (QED) is 0.227. The van der Waals surface area contributed by atoms with E-state index in [-0.39, 0.29) is 6.47 Å². The summed E-state index contributed by atoms with van der Waals surface area (Å²) in [6.45, 7) is -0.451. The third-order valence-electron chi connectivity index (χ3n) is 0.398. The van der Waals surface area contributed by atoms with Crippen molar-refractivity contribution in [3.63, 3.8) is 0 Å². The minimum atomic E-state index is -3.48. The molecule has 0 spiro atoms. The van der Waals surface area contributed by atoms with Crippen molar-refractivity contribution in [2.45, 2.75) is 0 Å². The van der Waals surface area contributed by atoms with E-state index < -0.39 is 16.9 Å².